The van der Waals surface area contributed by atoms with Crippen molar-refractivity contribution in [2.75, 3.05) is 7.11 Å². The summed E-state index contributed by atoms with van der Waals surface area (Å²) in [7, 11) is 1.68. The van der Waals surface area contributed by atoms with Crippen molar-refractivity contribution in [1.82, 2.24) is 0 Å². The van der Waals surface area contributed by atoms with Crippen LogP contribution < -0.4 is 4.74 Å². The molecule has 2 rings (SSSR count). The van der Waals surface area contributed by atoms with Gasteiger partial charge in [0.15, 0.2) is 0 Å². The molecule has 0 aliphatic heterocycles. The molecule has 0 heterocycles. The largest absolute Gasteiger partial charge is 0.497 e. The summed E-state index contributed by atoms with van der Waals surface area (Å²) >= 11 is 0. The molecular formula is C18H28O2. The van der Waals surface area contributed by atoms with E-state index in [1.165, 1.54) is 31.2 Å². The van der Waals surface area contributed by atoms with Gasteiger partial charge in [-0.1, -0.05) is 26.0 Å². The molecule has 0 bridgehead atoms. The Kier molecular flexibility index (Phi) is 5.47. The van der Waals surface area contributed by atoms with Gasteiger partial charge in [-0.15, -0.1) is 0 Å². The van der Waals surface area contributed by atoms with Gasteiger partial charge in [-0.2, -0.15) is 0 Å². The van der Waals surface area contributed by atoms with Gasteiger partial charge in [-0.05, 0) is 67.6 Å². The lowest BCUT2D eigenvalue weighted by molar-refractivity contribution is 0.0675. The van der Waals surface area contributed by atoms with Gasteiger partial charge in [0.2, 0.25) is 0 Å². The Morgan fingerprint density at radius 1 is 1.15 bits per heavy atom. The highest BCUT2D eigenvalue weighted by Crippen LogP contribution is 2.35. The number of hydrogen-bond donors (Lipinski definition) is 1. The molecule has 0 radical (unpaired) electrons. The molecule has 1 saturated carbocycles. The summed E-state index contributed by atoms with van der Waals surface area (Å²) in [6.45, 7) is 4.63. The molecule has 1 aromatic carbocycles. The summed E-state index contributed by atoms with van der Waals surface area (Å²) in [6.07, 6.45) is 5.43. The second kappa shape index (κ2) is 7.12. The molecule has 1 unspecified atom stereocenters. The molecule has 2 nitrogen and oxygen atoms in total. The fourth-order valence-electron chi connectivity index (χ4n) is 3.40. The maximum absolute atomic E-state index is 10.5. The molecule has 1 aliphatic carbocycles. The van der Waals surface area contributed by atoms with Crippen LogP contribution in [-0.4, -0.2) is 18.3 Å². The SMILES string of the molecule is COc1cccc(CC(O)C2CCC(C(C)C)CC2)c1. The first kappa shape index (κ1) is 15.4. The third kappa shape index (κ3) is 3.99. The number of ether oxygens (including phenoxy) is 1. The van der Waals surface area contributed by atoms with Crippen molar-refractivity contribution in [2.45, 2.75) is 52.1 Å². The minimum Gasteiger partial charge on any atom is -0.497 e. The van der Waals surface area contributed by atoms with E-state index in [1.54, 1.807) is 7.11 Å². The van der Waals surface area contributed by atoms with E-state index in [4.69, 9.17) is 4.74 Å². The highest BCUT2D eigenvalue weighted by molar-refractivity contribution is 5.28. The van der Waals surface area contributed by atoms with E-state index >= 15 is 0 Å². The lowest BCUT2D eigenvalue weighted by Crippen LogP contribution is -2.28. The van der Waals surface area contributed by atoms with Crippen LogP contribution in [0.4, 0.5) is 0 Å². The molecule has 2 heteroatoms. The number of hydrogen-bond acceptors (Lipinski definition) is 2. The van der Waals surface area contributed by atoms with Crippen molar-refractivity contribution in [1.29, 1.82) is 0 Å². The molecule has 1 aliphatic rings. The minimum atomic E-state index is -0.213. The lowest BCUT2D eigenvalue weighted by atomic mass is 9.74. The summed E-state index contributed by atoms with van der Waals surface area (Å²) in [5.74, 6) is 2.98. The Morgan fingerprint density at radius 3 is 2.40 bits per heavy atom. The monoisotopic (exact) mass is 276 g/mol. The normalized spacial score (nSPS) is 24.6. The van der Waals surface area contributed by atoms with E-state index in [2.05, 4.69) is 19.9 Å². The number of aliphatic hydroxyl groups excluding tert-OH is 1. The van der Waals surface area contributed by atoms with Crippen molar-refractivity contribution in [3.63, 3.8) is 0 Å². The van der Waals surface area contributed by atoms with Crippen LogP contribution in [0.2, 0.25) is 0 Å². The van der Waals surface area contributed by atoms with E-state index in [0.29, 0.717) is 5.92 Å². The molecule has 0 amide bonds. The fraction of sp³-hybridized carbons (Fsp3) is 0.667. The van der Waals surface area contributed by atoms with Crippen LogP contribution >= 0.6 is 0 Å². The molecule has 1 fully saturated rings. The maximum Gasteiger partial charge on any atom is 0.119 e. The zero-order chi connectivity index (χ0) is 14.5. The minimum absolute atomic E-state index is 0.213. The molecule has 0 spiro atoms. The van der Waals surface area contributed by atoms with Crippen LogP contribution in [0.1, 0.15) is 45.1 Å². The zero-order valence-electron chi connectivity index (χ0n) is 13.0. The first-order valence-corrected chi connectivity index (χ1v) is 7.91. The van der Waals surface area contributed by atoms with Crippen LogP contribution in [-0.2, 0) is 6.42 Å². The van der Waals surface area contributed by atoms with E-state index in [1.807, 2.05) is 18.2 Å². The standard InChI is InChI=1S/C18H28O2/c1-13(2)15-7-9-16(10-8-15)18(19)12-14-5-4-6-17(11-14)20-3/h4-6,11,13,15-16,18-19H,7-10,12H2,1-3H3. The fourth-order valence-corrected chi connectivity index (χ4v) is 3.40. The third-order valence-electron chi connectivity index (χ3n) is 4.88. The average molecular weight is 276 g/mol. The molecule has 20 heavy (non-hydrogen) atoms. The summed E-state index contributed by atoms with van der Waals surface area (Å²) in [5, 5.41) is 10.5. The zero-order valence-corrected chi connectivity index (χ0v) is 13.0. The maximum atomic E-state index is 10.5. The van der Waals surface area contributed by atoms with Gasteiger partial charge < -0.3 is 9.84 Å². The van der Waals surface area contributed by atoms with E-state index in [0.717, 1.165) is 24.0 Å². The molecule has 112 valence electrons. The Balaban J connectivity index is 1.87. The number of methoxy groups -OCH3 is 1. The van der Waals surface area contributed by atoms with Gasteiger partial charge in [0.25, 0.3) is 0 Å². The summed E-state index contributed by atoms with van der Waals surface area (Å²) < 4.78 is 5.24. The topological polar surface area (TPSA) is 29.5 Å². The van der Waals surface area contributed by atoms with E-state index < -0.39 is 0 Å². The van der Waals surface area contributed by atoms with Crippen LogP contribution in [0.15, 0.2) is 24.3 Å². The first-order chi connectivity index (χ1) is 9.60. The average Bonchev–Trinajstić information content (AvgIpc) is 2.47. The molecule has 1 atom stereocenters. The van der Waals surface area contributed by atoms with Crippen molar-refractivity contribution < 1.29 is 9.84 Å². The predicted octanol–water partition coefficient (Wildman–Crippen LogP) is 4.06. The Morgan fingerprint density at radius 2 is 1.80 bits per heavy atom. The second-order valence-electron chi connectivity index (χ2n) is 6.54. The molecule has 1 aromatic rings. The first-order valence-electron chi connectivity index (χ1n) is 7.91. The quantitative estimate of drug-likeness (QED) is 0.878. The van der Waals surface area contributed by atoms with Gasteiger partial charge in [0, 0.05) is 0 Å². The van der Waals surface area contributed by atoms with Crippen molar-refractivity contribution in [3.05, 3.63) is 29.8 Å². The van der Waals surface area contributed by atoms with Crippen LogP contribution in [0.5, 0.6) is 5.75 Å². The van der Waals surface area contributed by atoms with Crippen molar-refractivity contribution in [3.8, 4) is 5.75 Å². The Hall–Kier alpha value is -1.02. The van der Waals surface area contributed by atoms with Crippen LogP contribution in [0, 0.1) is 17.8 Å². The van der Waals surface area contributed by atoms with Crippen molar-refractivity contribution >= 4 is 0 Å². The van der Waals surface area contributed by atoms with Crippen LogP contribution in [0.25, 0.3) is 0 Å². The molecule has 1 N–H and O–H groups in total. The Bertz CT molecular complexity index is 406. The smallest absolute Gasteiger partial charge is 0.119 e. The third-order valence-corrected chi connectivity index (χ3v) is 4.88. The van der Waals surface area contributed by atoms with E-state index in [9.17, 15) is 5.11 Å². The molecule has 0 aromatic heterocycles. The Labute approximate surface area is 123 Å². The van der Waals surface area contributed by atoms with Gasteiger partial charge in [-0.25, -0.2) is 0 Å². The van der Waals surface area contributed by atoms with Crippen LogP contribution in [0.3, 0.4) is 0 Å². The van der Waals surface area contributed by atoms with E-state index in [-0.39, 0.29) is 6.10 Å². The van der Waals surface area contributed by atoms with Crippen molar-refractivity contribution in [2.24, 2.45) is 17.8 Å². The predicted molar refractivity (Wildman–Crippen MR) is 83.0 cm³/mol. The second-order valence-corrected chi connectivity index (χ2v) is 6.54. The van der Waals surface area contributed by atoms with Gasteiger partial charge in [0.05, 0.1) is 13.2 Å². The molecule has 0 saturated heterocycles. The summed E-state index contributed by atoms with van der Waals surface area (Å²) in [6, 6.07) is 8.05. The number of aliphatic hydroxyl groups is 1. The van der Waals surface area contributed by atoms with Gasteiger partial charge in [-0.3, -0.25) is 0 Å². The number of rotatable bonds is 5. The highest BCUT2D eigenvalue weighted by atomic mass is 16.5. The van der Waals surface area contributed by atoms with Gasteiger partial charge >= 0.3 is 0 Å². The lowest BCUT2D eigenvalue weighted by Gasteiger charge is -2.33. The summed E-state index contributed by atoms with van der Waals surface area (Å²) in [5.41, 5.74) is 1.17. The summed E-state index contributed by atoms with van der Waals surface area (Å²) in [4.78, 5) is 0. The molecular weight excluding hydrogens is 248 g/mol. The van der Waals surface area contributed by atoms with Gasteiger partial charge in [0.1, 0.15) is 5.75 Å². The highest BCUT2D eigenvalue weighted by Gasteiger charge is 2.27. The number of benzene rings is 1.